The number of rotatable bonds is 4. The number of aryl methyl sites for hydroxylation is 1. The first kappa shape index (κ1) is 11.3. The van der Waals surface area contributed by atoms with E-state index in [1.165, 1.54) is 0 Å². The minimum atomic E-state index is 0.500. The lowest BCUT2D eigenvalue weighted by Crippen LogP contribution is -2.00. The summed E-state index contributed by atoms with van der Waals surface area (Å²) in [6.45, 7) is 6.83. The summed E-state index contributed by atoms with van der Waals surface area (Å²) in [5.41, 5.74) is 2.01. The van der Waals surface area contributed by atoms with Gasteiger partial charge in [-0.25, -0.2) is 4.98 Å². The van der Waals surface area contributed by atoms with Crippen LogP contribution < -0.4 is 4.74 Å². The number of unbranched alkanes of at least 4 members (excludes halogenated alkanes) is 1. The Hall–Kier alpha value is -0.760. The highest BCUT2D eigenvalue weighted by Gasteiger charge is 2.05. The molecule has 0 aliphatic rings. The third-order valence-corrected chi connectivity index (χ3v) is 2.39. The van der Waals surface area contributed by atoms with Crippen molar-refractivity contribution in [2.75, 3.05) is 6.61 Å². The Morgan fingerprint density at radius 2 is 2.14 bits per heavy atom. The van der Waals surface area contributed by atoms with Crippen LogP contribution in [0.5, 0.6) is 5.75 Å². The lowest BCUT2D eigenvalue weighted by Gasteiger charge is -2.10. The van der Waals surface area contributed by atoms with Crippen LogP contribution in [0.15, 0.2) is 6.07 Å². The predicted molar refractivity (Wildman–Crippen MR) is 59.1 cm³/mol. The van der Waals surface area contributed by atoms with Gasteiger partial charge in [0.05, 0.1) is 6.61 Å². The smallest absolute Gasteiger partial charge is 0.133 e. The van der Waals surface area contributed by atoms with Crippen LogP contribution in [0.1, 0.15) is 31.0 Å². The summed E-state index contributed by atoms with van der Waals surface area (Å²) in [4.78, 5) is 4.15. The molecule has 1 aromatic rings. The molecule has 0 N–H and O–H groups in total. The van der Waals surface area contributed by atoms with E-state index in [1.54, 1.807) is 6.07 Å². The normalized spacial score (nSPS) is 10.3. The summed E-state index contributed by atoms with van der Waals surface area (Å²) in [5, 5.41) is 0.500. The third kappa shape index (κ3) is 2.88. The lowest BCUT2D eigenvalue weighted by molar-refractivity contribution is 0.307. The zero-order valence-corrected chi connectivity index (χ0v) is 9.69. The van der Waals surface area contributed by atoms with E-state index in [4.69, 9.17) is 16.3 Å². The van der Waals surface area contributed by atoms with Gasteiger partial charge in [-0.1, -0.05) is 24.9 Å². The molecule has 1 heterocycles. The molecule has 0 bridgehead atoms. The average molecular weight is 214 g/mol. The van der Waals surface area contributed by atoms with Crippen molar-refractivity contribution >= 4 is 11.6 Å². The second-order valence-electron chi connectivity index (χ2n) is 3.36. The van der Waals surface area contributed by atoms with Crippen LogP contribution >= 0.6 is 11.6 Å². The Labute approximate surface area is 90.3 Å². The van der Waals surface area contributed by atoms with Crippen molar-refractivity contribution < 1.29 is 4.74 Å². The van der Waals surface area contributed by atoms with Gasteiger partial charge in [-0.2, -0.15) is 0 Å². The maximum Gasteiger partial charge on any atom is 0.133 e. The molecule has 0 saturated heterocycles. The van der Waals surface area contributed by atoms with Crippen molar-refractivity contribution in [3.05, 3.63) is 22.5 Å². The lowest BCUT2D eigenvalue weighted by atomic mass is 10.2. The van der Waals surface area contributed by atoms with E-state index in [1.807, 2.05) is 13.8 Å². The molecule has 1 aromatic heterocycles. The summed E-state index contributed by atoms with van der Waals surface area (Å²) in [5.74, 6) is 0.857. The largest absolute Gasteiger partial charge is 0.493 e. The fourth-order valence-electron chi connectivity index (χ4n) is 1.15. The van der Waals surface area contributed by atoms with Crippen LogP contribution in [0, 0.1) is 13.8 Å². The van der Waals surface area contributed by atoms with Crippen LogP contribution in [0.25, 0.3) is 0 Å². The zero-order chi connectivity index (χ0) is 10.6. The second kappa shape index (κ2) is 5.20. The molecular weight excluding hydrogens is 198 g/mol. The Kier molecular flexibility index (Phi) is 4.21. The fraction of sp³-hybridized carbons (Fsp3) is 0.545. The fourth-order valence-corrected chi connectivity index (χ4v) is 1.37. The van der Waals surface area contributed by atoms with Crippen LogP contribution in [0.4, 0.5) is 0 Å². The zero-order valence-electron chi connectivity index (χ0n) is 8.93. The minimum absolute atomic E-state index is 0.500. The topological polar surface area (TPSA) is 22.1 Å². The minimum Gasteiger partial charge on any atom is -0.493 e. The van der Waals surface area contributed by atoms with Gasteiger partial charge in [0.2, 0.25) is 0 Å². The maximum atomic E-state index is 5.84. The van der Waals surface area contributed by atoms with E-state index in [0.29, 0.717) is 5.15 Å². The van der Waals surface area contributed by atoms with Gasteiger partial charge in [0.25, 0.3) is 0 Å². The molecular formula is C11H16ClNO. The van der Waals surface area contributed by atoms with Crippen LogP contribution in [0.2, 0.25) is 5.15 Å². The summed E-state index contributed by atoms with van der Waals surface area (Å²) < 4.78 is 5.61. The molecule has 0 spiro atoms. The number of halogens is 1. The molecule has 0 aliphatic heterocycles. The second-order valence-corrected chi connectivity index (χ2v) is 3.74. The van der Waals surface area contributed by atoms with Crippen LogP contribution in [0.3, 0.4) is 0 Å². The molecule has 3 heteroatoms. The highest BCUT2D eigenvalue weighted by atomic mass is 35.5. The molecule has 14 heavy (non-hydrogen) atoms. The van der Waals surface area contributed by atoms with Crippen LogP contribution in [-0.4, -0.2) is 11.6 Å². The first-order chi connectivity index (χ1) is 6.65. The predicted octanol–water partition coefficient (Wildman–Crippen LogP) is 3.53. The Morgan fingerprint density at radius 1 is 1.43 bits per heavy atom. The Balaban J connectivity index is 2.75. The highest BCUT2D eigenvalue weighted by molar-refractivity contribution is 6.29. The molecule has 1 rings (SSSR count). The monoisotopic (exact) mass is 213 g/mol. The molecule has 0 atom stereocenters. The first-order valence-electron chi connectivity index (χ1n) is 4.91. The Bertz CT molecular complexity index is 312. The number of pyridine rings is 1. The van der Waals surface area contributed by atoms with Gasteiger partial charge in [-0.15, -0.1) is 0 Å². The van der Waals surface area contributed by atoms with Crippen molar-refractivity contribution in [3.8, 4) is 5.75 Å². The molecule has 0 fully saturated rings. The first-order valence-corrected chi connectivity index (χ1v) is 5.29. The maximum absolute atomic E-state index is 5.84. The summed E-state index contributed by atoms with van der Waals surface area (Å²) in [6, 6.07) is 1.78. The van der Waals surface area contributed by atoms with Crippen LogP contribution in [-0.2, 0) is 0 Å². The third-order valence-electron chi connectivity index (χ3n) is 2.19. The number of ether oxygens (including phenoxy) is 1. The van der Waals surface area contributed by atoms with Gasteiger partial charge in [0, 0.05) is 17.3 Å². The van der Waals surface area contributed by atoms with Gasteiger partial charge in [-0.3, -0.25) is 0 Å². The molecule has 0 radical (unpaired) electrons. The van der Waals surface area contributed by atoms with E-state index in [0.717, 1.165) is 36.5 Å². The Morgan fingerprint density at radius 3 is 2.79 bits per heavy atom. The summed E-state index contributed by atoms with van der Waals surface area (Å²) in [6.07, 6.45) is 2.20. The molecule has 0 aromatic carbocycles. The van der Waals surface area contributed by atoms with Crippen molar-refractivity contribution in [2.45, 2.75) is 33.6 Å². The SMILES string of the molecule is CCCCOc1cc(Cl)nc(C)c1C. The van der Waals surface area contributed by atoms with E-state index in [9.17, 15) is 0 Å². The molecule has 0 unspecified atom stereocenters. The highest BCUT2D eigenvalue weighted by Crippen LogP contribution is 2.23. The molecule has 78 valence electrons. The van der Waals surface area contributed by atoms with E-state index in [-0.39, 0.29) is 0 Å². The standard InChI is InChI=1S/C11H16ClNO/c1-4-5-6-14-10-7-11(12)13-9(3)8(10)2/h7H,4-6H2,1-3H3. The quantitative estimate of drug-likeness (QED) is 0.564. The van der Waals surface area contributed by atoms with Crippen molar-refractivity contribution in [1.82, 2.24) is 4.98 Å². The summed E-state index contributed by atoms with van der Waals surface area (Å²) in [7, 11) is 0. The average Bonchev–Trinajstić information content (AvgIpc) is 2.13. The van der Waals surface area contributed by atoms with Crippen molar-refractivity contribution in [3.63, 3.8) is 0 Å². The van der Waals surface area contributed by atoms with E-state index in [2.05, 4.69) is 11.9 Å². The van der Waals surface area contributed by atoms with E-state index >= 15 is 0 Å². The molecule has 2 nitrogen and oxygen atoms in total. The van der Waals surface area contributed by atoms with Gasteiger partial charge < -0.3 is 4.74 Å². The van der Waals surface area contributed by atoms with Gasteiger partial charge in [0.15, 0.2) is 0 Å². The van der Waals surface area contributed by atoms with E-state index < -0.39 is 0 Å². The number of hydrogen-bond acceptors (Lipinski definition) is 2. The van der Waals surface area contributed by atoms with Gasteiger partial charge in [-0.05, 0) is 20.3 Å². The van der Waals surface area contributed by atoms with Crippen molar-refractivity contribution in [2.24, 2.45) is 0 Å². The number of nitrogens with zero attached hydrogens (tertiary/aromatic N) is 1. The molecule has 0 aliphatic carbocycles. The van der Waals surface area contributed by atoms with Gasteiger partial charge in [0.1, 0.15) is 10.9 Å². The number of hydrogen-bond donors (Lipinski definition) is 0. The molecule has 0 amide bonds. The van der Waals surface area contributed by atoms with Crippen molar-refractivity contribution in [1.29, 1.82) is 0 Å². The summed E-state index contributed by atoms with van der Waals surface area (Å²) >= 11 is 5.84. The molecule has 0 saturated carbocycles. The number of aromatic nitrogens is 1. The van der Waals surface area contributed by atoms with Gasteiger partial charge >= 0.3 is 0 Å².